The third-order valence-electron chi connectivity index (χ3n) is 4.95. The molecule has 2 aliphatic rings. The fourth-order valence-electron chi connectivity index (χ4n) is 3.45. The Labute approximate surface area is 121 Å². The lowest BCUT2D eigenvalue weighted by Crippen LogP contribution is -2.46. The van der Waals surface area contributed by atoms with Gasteiger partial charge in [-0.2, -0.15) is 0 Å². The number of rotatable bonds is 2. The second-order valence-electron chi connectivity index (χ2n) is 7.28. The van der Waals surface area contributed by atoms with Gasteiger partial charge in [0, 0.05) is 15.7 Å². The predicted octanol–water partition coefficient (Wildman–Crippen LogP) is 4.39. The highest BCUT2D eigenvalue weighted by Crippen LogP contribution is 2.45. The summed E-state index contributed by atoms with van der Waals surface area (Å²) in [7, 11) is 0. The van der Waals surface area contributed by atoms with Crippen molar-refractivity contribution in [2.24, 2.45) is 11.1 Å². The molecular formula is C17H25NS. The van der Waals surface area contributed by atoms with Gasteiger partial charge in [-0.1, -0.05) is 32.0 Å². The fourth-order valence-corrected chi connectivity index (χ4v) is 4.95. The lowest BCUT2D eigenvalue weighted by Gasteiger charge is -2.42. The van der Waals surface area contributed by atoms with Gasteiger partial charge in [-0.05, 0) is 55.6 Å². The summed E-state index contributed by atoms with van der Waals surface area (Å²) < 4.78 is 0. The molecule has 1 aliphatic carbocycles. The minimum atomic E-state index is 0.0925. The molecule has 2 heteroatoms. The first kappa shape index (κ1) is 13.5. The van der Waals surface area contributed by atoms with E-state index >= 15 is 0 Å². The number of hydrogen-bond donors (Lipinski definition) is 1. The van der Waals surface area contributed by atoms with Crippen LogP contribution in [0.15, 0.2) is 29.2 Å². The van der Waals surface area contributed by atoms with E-state index in [2.05, 4.69) is 38.1 Å². The molecule has 1 aliphatic heterocycles. The minimum Gasteiger partial charge on any atom is -0.325 e. The van der Waals surface area contributed by atoms with Crippen molar-refractivity contribution in [3.8, 4) is 0 Å². The van der Waals surface area contributed by atoms with Crippen LogP contribution in [0.4, 0.5) is 0 Å². The zero-order valence-electron chi connectivity index (χ0n) is 12.1. The van der Waals surface area contributed by atoms with Gasteiger partial charge in [0.1, 0.15) is 0 Å². The van der Waals surface area contributed by atoms with Crippen molar-refractivity contribution in [1.82, 2.24) is 0 Å². The van der Waals surface area contributed by atoms with Crippen LogP contribution in [0.5, 0.6) is 0 Å². The van der Waals surface area contributed by atoms with Gasteiger partial charge in [0.05, 0.1) is 0 Å². The summed E-state index contributed by atoms with van der Waals surface area (Å²) in [5, 5.41) is 0.698. The van der Waals surface area contributed by atoms with Crippen molar-refractivity contribution in [3.05, 3.63) is 29.8 Å². The van der Waals surface area contributed by atoms with E-state index in [0.29, 0.717) is 10.7 Å². The molecule has 0 saturated heterocycles. The maximum absolute atomic E-state index is 6.68. The molecule has 104 valence electrons. The Balaban J connectivity index is 1.62. The highest BCUT2D eigenvalue weighted by atomic mass is 32.2. The summed E-state index contributed by atoms with van der Waals surface area (Å²) in [5.74, 6) is 0. The monoisotopic (exact) mass is 275 g/mol. The third-order valence-corrected chi connectivity index (χ3v) is 6.27. The Bertz CT molecular complexity index is 431. The van der Waals surface area contributed by atoms with Crippen LogP contribution in [-0.2, 0) is 6.42 Å². The van der Waals surface area contributed by atoms with Crippen LogP contribution < -0.4 is 5.73 Å². The van der Waals surface area contributed by atoms with Gasteiger partial charge in [0.15, 0.2) is 0 Å². The van der Waals surface area contributed by atoms with Crippen molar-refractivity contribution < 1.29 is 0 Å². The molecule has 0 spiro atoms. The van der Waals surface area contributed by atoms with Crippen LogP contribution in [0.25, 0.3) is 0 Å². The molecule has 0 amide bonds. The summed E-state index contributed by atoms with van der Waals surface area (Å²) in [6, 6.07) is 8.83. The first-order valence-electron chi connectivity index (χ1n) is 7.49. The predicted molar refractivity (Wildman–Crippen MR) is 83.6 cm³/mol. The number of nitrogens with two attached hydrogens (primary N) is 1. The summed E-state index contributed by atoms with van der Waals surface area (Å²) in [5.41, 5.74) is 8.81. The molecule has 0 bridgehead atoms. The van der Waals surface area contributed by atoms with E-state index in [9.17, 15) is 0 Å². The standard InChI is InChI=1S/C17H25NS/c1-16(2)7-9-17(18,10-8-16)12-14-11-13-5-3-4-6-15(13)19-14/h3-6,14H,7-12,18H2,1-2H3. The Morgan fingerprint density at radius 2 is 1.84 bits per heavy atom. The van der Waals surface area contributed by atoms with Crippen LogP contribution in [0.1, 0.15) is 51.5 Å². The highest BCUT2D eigenvalue weighted by Gasteiger charge is 2.38. The quantitative estimate of drug-likeness (QED) is 0.866. The molecule has 1 atom stereocenters. The highest BCUT2D eigenvalue weighted by molar-refractivity contribution is 8.00. The molecule has 19 heavy (non-hydrogen) atoms. The number of fused-ring (bicyclic) bond motifs is 1. The smallest absolute Gasteiger partial charge is 0.0165 e. The number of thioether (sulfide) groups is 1. The van der Waals surface area contributed by atoms with Crippen LogP contribution in [0.3, 0.4) is 0 Å². The van der Waals surface area contributed by atoms with E-state index in [-0.39, 0.29) is 5.54 Å². The molecule has 0 aromatic heterocycles. The Hall–Kier alpha value is -0.470. The van der Waals surface area contributed by atoms with Crippen LogP contribution in [0, 0.1) is 5.41 Å². The topological polar surface area (TPSA) is 26.0 Å². The Kier molecular flexibility index (Phi) is 3.43. The third kappa shape index (κ3) is 3.00. The zero-order chi connectivity index (χ0) is 13.5. The van der Waals surface area contributed by atoms with Crippen molar-refractivity contribution >= 4 is 11.8 Å². The number of benzene rings is 1. The van der Waals surface area contributed by atoms with E-state index in [4.69, 9.17) is 5.73 Å². The first-order valence-corrected chi connectivity index (χ1v) is 8.37. The molecule has 2 N–H and O–H groups in total. The van der Waals surface area contributed by atoms with Crippen molar-refractivity contribution in [3.63, 3.8) is 0 Å². The van der Waals surface area contributed by atoms with Gasteiger partial charge in [-0.15, -0.1) is 11.8 Å². The van der Waals surface area contributed by atoms with Gasteiger partial charge in [0.2, 0.25) is 0 Å². The summed E-state index contributed by atoms with van der Waals surface area (Å²) in [6.07, 6.45) is 7.37. The van der Waals surface area contributed by atoms with Crippen molar-refractivity contribution in [2.45, 2.75) is 68.1 Å². The molecule has 1 saturated carbocycles. The second-order valence-corrected chi connectivity index (χ2v) is 8.62. The zero-order valence-corrected chi connectivity index (χ0v) is 12.9. The molecule has 1 aromatic carbocycles. The van der Waals surface area contributed by atoms with Crippen LogP contribution in [0.2, 0.25) is 0 Å². The molecule has 1 nitrogen and oxygen atoms in total. The maximum atomic E-state index is 6.68. The molecule has 0 radical (unpaired) electrons. The van der Waals surface area contributed by atoms with Crippen molar-refractivity contribution in [1.29, 1.82) is 0 Å². The lowest BCUT2D eigenvalue weighted by molar-refractivity contribution is 0.157. The van der Waals surface area contributed by atoms with Crippen LogP contribution in [-0.4, -0.2) is 10.8 Å². The lowest BCUT2D eigenvalue weighted by atomic mass is 9.68. The van der Waals surface area contributed by atoms with E-state index in [1.165, 1.54) is 49.0 Å². The average molecular weight is 275 g/mol. The molecular weight excluding hydrogens is 250 g/mol. The van der Waals surface area contributed by atoms with E-state index in [1.54, 1.807) is 0 Å². The normalized spacial score (nSPS) is 28.1. The first-order chi connectivity index (χ1) is 8.96. The van der Waals surface area contributed by atoms with Crippen LogP contribution >= 0.6 is 11.8 Å². The summed E-state index contributed by atoms with van der Waals surface area (Å²) >= 11 is 2.05. The van der Waals surface area contributed by atoms with E-state index < -0.39 is 0 Å². The minimum absolute atomic E-state index is 0.0925. The maximum Gasteiger partial charge on any atom is 0.0165 e. The molecule has 1 heterocycles. The number of hydrogen-bond acceptors (Lipinski definition) is 2. The van der Waals surface area contributed by atoms with Gasteiger partial charge in [-0.3, -0.25) is 0 Å². The van der Waals surface area contributed by atoms with Gasteiger partial charge in [0.25, 0.3) is 0 Å². The summed E-state index contributed by atoms with van der Waals surface area (Å²) in [4.78, 5) is 1.48. The molecule has 1 fully saturated rings. The Morgan fingerprint density at radius 1 is 1.16 bits per heavy atom. The Morgan fingerprint density at radius 3 is 2.53 bits per heavy atom. The SMILES string of the molecule is CC1(C)CCC(N)(CC2Cc3ccccc3S2)CC1. The fraction of sp³-hybridized carbons (Fsp3) is 0.647. The van der Waals surface area contributed by atoms with Gasteiger partial charge >= 0.3 is 0 Å². The molecule has 1 unspecified atom stereocenters. The van der Waals surface area contributed by atoms with E-state index in [0.717, 1.165) is 0 Å². The van der Waals surface area contributed by atoms with Gasteiger partial charge < -0.3 is 5.73 Å². The largest absolute Gasteiger partial charge is 0.325 e. The van der Waals surface area contributed by atoms with Crippen molar-refractivity contribution in [2.75, 3.05) is 0 Å². The molecule has 3 rings (SSSR count). The molecule has 1 aromatic rings. The average Bonchev–Trinajstić information content (AvgIpc) is 2.75. The summed E-state index contributed by atoms with van der Waals surface area (Å²) in [6.45, 7) is 4.76. The van der Waals surface area contributed by atoms with Gasteiger partial charge in [-0.25, -0.2) is 0 Å². The van der Waals surface area contributed by atoms with E-state index in [1.807, 2.05) is 11.8 Å². The second kappa shape index (κ2) is 4.82.